The van der Waals surface area contributed by atoms with Crippen molar-refractivity contribution in [1.82, 2.24) is 5.32 Å². The second kappa shape index (κ2) is 15.2. The molecule has 14 heteroatoms. The quantitative estimate of drug-likeness (QED) is 0.143. The summed E-state index contributed by atoms with van der Waals surface area (Å²) in [4.78, 5) is 69.1. The molecule has 2 bridgehead atoms. The van der Waals surface area contributed by atoms with Gasteiger partial charge in [-0.2, -0.15) is 0 Å². The highest BCUT2D eigenvalue weighted by Gasteiger charge is 2.77. The fourth-order valence-corrected chi connectivity index (χ4v) is 10.1. The summed E-state index contributed by atoms with van der Waals surface area (Å²) in [6.45, 7) is 12.3. The van der Waals surface area contributed by atoms with E-state index in [-0.39, 0.29) is 29.6 Å². The van der Waals surface area contributed by atoms with Gasteiger partial charge in [0.05, 0.1) is 29.0 Å². The van der Waals surface area contributed by atoms with Crippen LogP contribution < -0.4 is 5.32 Å². The molecule has 1 amide bonds. The Morgan fingerprint density at radius 1 is 0.931 bits per heavy atom. The molecule has 4 aliphatic rings. The molecule has 2 aromatic carbocycles. The highest BCUT2D eigenvalue weighted by atomic mass is 16.6. The second-order valence-corrected chi connectivity index (χ2v) is 18.0. The molecule has 4 aliphatic carbocycles. The number of benzene rings is 2. The molecule has 1 unspecified atom stereocenters. The van der Waals surface area contributed by atoms with Crippen LogP contribution in [0, 0.1) is 22.7 Å². The van der Waals surface area contributed by atoms with Crippen molar-refractivity contribution in [2.45, 2.75) is 134 Å². The molecule has 2 aromatic rings. The third-order valence-electron chi connectivity index (χ3n) is 13.2. The number of fused-ring (bicyclic) bond motifs is 5. The average molecular weight is 806 g/mol. The molecule has 14 nitrogen and oxygen atoms in total. The molecule has 314 valence electrons. The normalized spacial score (nSPS) is 33.7. The van der Waals surface area contributed by atoms with Crippen molar-refractivity contribution in [2.75, 3.05) is 0 Å². The lowest BCUT2D eigenvalue weighted by atomic mass is 9.41. The van der Waals surface area contributed by atoms with Gasteiger partial charge in [-0.1, -0.05) is 62.4 Å². The van der Waals surface area contributed by atoms with Gasteiger partial charge in [0.25, 0.3) is 0 Å². The minimum Gasteiger partial charge on any atom is -0.458 e. The number of aliphatic hydroxyl groups is 4. The Morgan fingerprint density at radius 3 is 2.09 bits per heavy atom. The van der Waals surface area contributed by atoms with E-state index in [1.165, 1.54) is 32.9 Å². The fourth-order valence-electron chi connectivity index (χ4n) is 10.1. The van der Waals surface area contributed by atoms with Crippen molar-refractivity contribution < 1.29 is 63.3 Å². The first-order valence-electron chi connectivity index (χ1n) is 19.7. The highest BCUT2D eigenvalue weighted by molar-refractivity contribution is 5.94. The van der Waals surface area contributed by atoms with Gasteiger partial charge in [0.2, 0.25) is 0 Å². The number of carbonyl (C=O) groups excluding carboxylic acids is 5. The van der Waals surface area contributed by atoms with Gasteiger partial charge < -0.3 is 44.7 Å². The summed E-state index contributed by atoms with van der Waals surface area (Å²) in [6, 6.07) is 14.8. The largest absolute Gasteiger partial charge is 0.458 e. The summed E-state index contributed by atoms with van der Waals surface area (Å²) in [6.07, 6.45) is -9.22. The number of rotatable bonds is 8. The summed E-state index contributed by atoms with van der Waals surface area (Å²) >= 11 is 0. The van der Waals surface area contributed by atoms with Crippen molar-refractivity contribution in [2.24, 2.45) is 22.7 Å². The van der Waals surface area contributed by atoms with Crippen molar-refractivity contribution in [3.8, 4) is 0 Å². The van der Waals surface area contributed by atoms with Gasteiger partial charge in [0, 0.05) is 24.7 Å². The summed E-state index contributed by atoms with van der Waals surface area (Å²) in [5.41, 5.74) is -7.63. The predicted octanol–water partition coefficient (Wildman–Crippen LogP) is 4.27. The van der Waals surface area contributed by atoms with Crippen molar-refractivity contribution in [3.05, 3.63) is 82.9 Å². The van der Waals surface area contributed by atoms with E-state index in [2.05, 4.69) is 5.32 Å². The standard InChI is InChI=1S/C44H55NO13/c1-23-28(55-38(52)33(49)31(25-15-11-9-12-16-25)45-39(53)58-40(3,4)5)22-44(54)36(56-37(51)26-17-13-10-14-18-26)34-42(8,35(50)32(48)30(23)41(44,6)7)29(47)21-27-19-20-43(27,34)57-24(2)46/h9-18,27-29,31-34,36,47-49,54H,19-22H2,1-8H3,(H,45,53)/t27-,28+,29-,31+,32-,33-,34?,36+,42-,43+,44-/m1/s1. The van der Waals surface area contributed by atoms with Gasteiger partial charge in [-0.3, -0.25) is 9.59 Å². The Kier molecular flexibility index (Phi) is 11.3. The van der Waals surface area contributed by atoms with Crippen LogP contribution >= 0.6 is 0 Å². The molecule has 6 rings (SSSR count). The monoisotopic (exact) mass is 805 g/mol. The molecule has 0 saturated heterocycles. The lowest BCUT2D eigenvalue weighted by Crippen LogP contribution is -2.78. The number of amides is 1. The van der Waals surface area contributed by atoms with E-state index in [1.54, 1.807) is 83.1 Å². The Labute approximate surface area is 337 Å². The maximum Gasteiger partial charge on any atom is 0.408 e. The maximum absolute atomic E-state index is 15.0. The van der Waals surface area contributed by atoms with Gasteiger partial charge in [-0.05, 0) is 82.7 Å². The minimum absolute atomic E-state index is 0.0325. The van der Waals surface area contributed by atoms with Crippen molar-refractivity contribution in [1.29, 1.82) is 0 Å². The molecule has 3 saturated carbocycles. The number of esters is 3. The SMILES string of the molecule is CC(=O)O[C@@]12CC[C@@H]1C[C@@H](O)[C@@]1(C)C(=O)[C@H](O)C3=C(C)[C@@H](OC(=O)[C@H](O)[C@@H](NC(=O)OC(C)(C)C)c4ccccc4)C[C@@](O)([C@@H](OC(=O)c4ccccc4)C12)C3(C)C. The zero-order valence-electron chi connectivity index (χ0n) is 34.2. The molecule has 0 heterocycles. The second-order valence-electron chi connectivity index (χ2n) is 18.0. The predicted molar refractivity (Wildman–Crippen MR) is 207 cm³/mol. The van der Waals surface area contributed by atoms with E-state index in [1.807, 2.05) is 0 Å². The van der Waals surface area contributed by atoms with Gasteiger partial charge in [0.1, 0.15) is 35.1 Å². The summed E-state index contributed by atoms with van der Waals surface area (Å²) < 4.78 is 23.9. The smallest absolute Gasteiger partial charge is 0.408 e. The molecule has 0 radical (unpaired) electrons. The Bertz CT molecular complexity index is 1970. The van der Waals surface area contributed by atoms with E-state index >= 15 is 0 Å². The number of Topliss-reactive ketones (excluding diaryl/α,β-unsaturated/α-hetero) is 1. The van der Waals surface area contributed by atoms with Crippen LogP contribution in [0.3, 0.4) is 0 Å². The number of hydrogen-bond acceptors (Lipinski definition) is 13. The fraction of sp³-hybridized carbons (Fsp3) is 0.568. The molecule has 0 aliphatic heterocycles. The van der Waals surface area contributed by atoms with Crippen LogP contribution in [-0.2, 0) is 33.3 Å². The van der Waals surface area contributed by atoms with E-state index < -0.39 is 112 Å². The Hall–Kier alpha value is -4.63. The molecular weight excluding hydrogens is 750 g/mol. The Morgan fingerprint density at radius 2 is 1.53 bits per heavy atom. The third-order valence-corrected chi connectivity index (χ3v) is 13.2. The first-order chi connectivity index (χ1) is 27.0. The molecule has 3 fully saturated rings. The lowest BCUT2D eigenvalue weighted by Gasteiger charge is -2.68. The van der Waals surface area contributed by atoms with Gasteiger partial charge in [-0.15, -0.1) is 0 Å². The van der Waals surface area contributed by atoms with Gasteiger partial charge >= 0.3 is 24.0 Å². The van der Waals surface area contributed by atoms with Crippen LogP contribution in [0.15, 0.2) is 71.8 Å². The van der Waals surface area contributed by atoms with Crippen LogP contribution in [0.5, 0.6) is 0 Å². The molecular formula is C44H55NO13. The maximum atomic E-state index is 15.0. The van der Waals surface area contributed by atoms with Crippen LogP contribution in [0.2, 0.25) is 0 Å². The molecule has 58 heavy (non-hydrogen) atoms. The molecule has 0 aromatic heterocycles. The average Bonchev–Trinajstić information content (AvgIpc) is 3.14. The minimum atomic E-state index is -2.30. The topological polar surface area (TPSA) is 215 Å². The number of carbonyl (C=O) groups is 5. The summed E-state index contributed by atoms with van der Waals surface area (Å²) in [5.74, 6) is -5.53. The summed E-state index contributed by atoms with van der Waals surface area (Å²) in [7, 11) is 0. The third kappa shape index (κ3) is 7.11. The Balaban J connectivity index is 1.49. The zero-order valence-corrected chi connectivity index (χ0v) is 34.2. The number of nitrogens with one attached hydrogen (secondary N) is 1. The van der Waals surface area contributed by atoms with E-state index in [0.717, 1.165) is 0 Å². The van der Waals surface area contributed by atoms with Crippen LogP contribution in [-0.4, -0.2) is 97.5 Å². The van der Waals surface area contributed by atoms with Gasteiger partial charge in [0.15, 0.2) is 11.9 Å². The zero-order chi connectivity index (χ0) is 42.7. The summed E-state index contributed by atoms with van der Waals surface area (Å²) in [5, 5.41) is 51.7. The first-order valence-corrected chi connectivity index (χ1v) is 19.7. The number of alkyl carbamates (subject to hydrolysis) is 1. The molecule has 5 N–H and O–H groups in total. The molecule has 0 spiro atoms. The van der Waals surface area contributed by atoms with Crippen LogP contribution in [0.25, 0.3) is 0 Å². The van der Waals surface area contributed by atoms with E-state index in [4.69, 9.17) is 18.9 Å². The van der Waals surface area contributed by atoms with Crippen LogP contribution in [0.4, 0.5) is 4.79 Å². The highest BCUT2D eigenvalue weighted by Crippen LogP contribution is 2.67. The molecule has 11 atom stereocenters. The van der Waals surface area contributed by atoms with E-state index in [9.17, 15) is 44.4 Å². The van der Waals surface area contributed by atoms with E-state index in [0.29, 0.717) is 12.0 Å². The first kappa shape index (κ1) is 43.0. The number of hydrogen-bond donors (Lipinski definition) is 5. The van der Waals surface area contributed by atoms with Crippen LogP contribution in [0.1, 0.15) is 103 Å². The van der Waals surface area contributed by atoms with Gasteiger partial charge in [-0.25, -0.2) is 14.4 Å². The van der Waals surface area contributed by atoms with Crippen molar-refractivity contribution >= 4 is 29.8 Å². The number of aliphatic hydroxyl groups excluding tert-OH is 3. The van der Waals surface area contributed by atoms with Crippen molar-refractivity contribution in [3.63, 3.8) is 0 Å². The number of ketones is 1. The lowest BCUT2D eigenvalue weighted by molar-refractivity contribution is -0.296. The number of ether oxygens (including phenoxy) is 4.